The summed E-state index contributed by atoms with van der Waals surface area (Å²) in [6.45, 7) is 6.45. The lowest BCUT2D eigenvalue weighted by Crippen LogP contribution is -2.30. The van der Waals surface area contributed by atoms with Crippen LogP contribution < -0.4 is 0 Å². The van der Waals surface area contributed by atoms with Gasteiger partial charge in [0.25, 0.3) is 0 Å². The number of esters is 3. The number of hydrogen-bond acceptors (Lipinski definition) is 6. The van der Waals surface area contributed by atoms with E-state index >= 15 is 0 Å². The summed E-state index contributed by atoms with van der Waals surface area (Å²) in [6.07, 6.45) is 80.8. The molecule has 0 saturated heterocycles. The fraction of sp³-hybridized carbons (Fsp3) is 0.682. The van der Waals surface area contributed by atoms with Crippen LogP contribution in [0.25, 0.3) is 0 Å². The first kappa shape index (κ1) is 68.1. The van der Waals surface area contributed by atoms with E-state index in [2.05, 4.69) is 130 Å². The van der Waals surface area contributed by atoms with E-state index < -0.39 is 6.10 Å². The van der Waals surface area contributed by atoms with Crippen molar-refractivity contribution in [3.05, 3.63) is 109 Å². The van der Waals surface area contributed by atoms with Crippen LogP contribution in [0, 0.1) is 0 Å². The van der Waals surface area contributed by atoms with Crippen molar-refractivity contribution in [3.8, 4) is 0 Å². The van der Waals surface area contributed by atoms with Crippen LogP contribution in [0.2, 0.25) is 0 Å². The number of ether oxygens (including phenoxy) is 3. The third-order valence-electron chi connectivity index (χ3n) is 12.5. The second kappa shape index (κ2) is 59.6. The third-order valence-corrected chi connectivity index (χ3v) is 12.5. The SMILES string of the molecule is CC/C=C\C/C=C\C/C=C\C/C=C\C/C=C\CCCCCC(=O)OC(COC(=O)CCCCCCC/C=C\CCCCC)COC(=O)CCCCCCCCCC/C=C\C/C=C\C/C=C\CCCCCCC. The molecule has 0 saturated carbocycles. The molecule has 1 unspecified atom stereocenters. The molecule has 0 heterocycles. The predicted octanol–water partition coefficient (Wildman–Crippen LogP) is 20.3. The number of allylic oxidation sites excluding steroid dienone is 18. The van der Waals surface area contributed by atoms with Gasteiger partial charge < -0.3 is 14.2 Å². The summed E-state index contributed by atoms with van der Waals surface area (Å²) in [5.41, 5.74) is 0. The van der Waals surface area contributed by atoms with E-state index in [1.165, 1.54) is 103 Å². The highest BCUT2D eigenvalue weighted by Crippen LogP contribution is 2.14. The molecule has 0 aliphatic heterocycles. The summed E-state index contributed by atoms with van der Waals surface area (Å²) in [5.74, 6) is -0.946. The molecule has 0 aliphatic rings. The Bertz CT molecular complexity index is 1470. The molecule has 410 valence electrons. The van der Waals surface area contributed by atoms with E-state index in [0.717, 1.165) is 128 Å². The molecule has 0 aliphatic carbocycles. The first-order valence-electron chi connectivity index (χ1n) is 29.9. The van der Waals surface area contributed by atoms with Gasteiger partial charge in [0, 0.05) is 19.3 Å². The highest BCUT2D eigenvalue weighted by Gasteiger charge is 2.19. The minimum atomic E-state index is -0.805. The molecule has 0 radical (unpaired) electrons. The van der Waals surface area contributed by atoms with Gasteiger partial charge in [0.2, 0.25) is 0 Å². The summed E-state index contributed by atoms with van der Waals surface area (Å²) in [7, 11) is 0. The van der Waals surface area contributed by atoms with E-state index in [-0.39, 0.29) is 37.5 Å². The lowest BCUT2D eigenvalue weighted by molar-refractivity contribution is -0.167. The van der Waals surface area contributed by atoms with Crippen LogP contribution in [0.15, 0.2) is 109 Å². The van der Waals surface area contributed by atoms with Crippen molar-refractivity contribution < 1.29 is 28.6 Å². The first-order valence-corrected chi connectivity index (χ1v) is 29.9. The molecular formula is C66H110O6. The topological polar surface area (TPSA) is 78.9 Å². The van der Waals surface area contributed by atoms with Crippen molar-refractivity contribution in [3.63, 3.8) is 0 Å². The van der Waals surface area contributed by atoms with Crippen molar-refractivity contribution in [1.82, 2.24) is 0 Å². The molecule has 6 nitrogen and oxygen atoms in total. The molecule has 6 heteroatoms. The van der Waals surface area contributed by atoms with Gasteiger partial charge in [-0.05, 0) is 128 Å². The van der Waals surface area contributed by atoms with E-state index in [1.54, 1.807) is 0 Å². The van der Waals surface area contributed by atoms with Crippen molar-refractivity contribution >= 4 is 17.9 Å². The lowest BCUT2D eigenvalue weighted by atomic mass is 10.1. The summed E-state index contributed by atoms with van der Waals surface area (Å²) >= 11 is 0. The van der Waals surface area contributed by atoms with Crippen LogP contribution in [-0.2, 0) is 28.6 Å². The summed E-state index contributed by atoms with van der Waals surface area (Å²) < 4.78 is 16.8. The molecule has 0 bridgehead atoms. The molecule has 0 aromatic heterocycles. The van der Waals surface area contributed by atoms with Crippen LogP contribution in [-0.4, -0.2) is 37.2 Å². The standard InChI is InChI=1S/C66H110O6/c1-4-7-10-13-16-19-22-25-27-29-31-32-33-34-36-37-39-41-44-47-50-53-56-59-65(68)71-62-63(61-70-64(67)58-55-52-49-46-43-24-21-18-15-12-9-6-3)72-66(69)60-57-54-51-48-45-42-40-38-35-30-28-26-23-20-17-14-11-8-5-2/h8,11,17-18,20-22,25-26,28-29,31,33-35,38,42,45,63H,4-7,9-10,12-16,19,23-24,27,30,32,36-37,39-41,43-44,46-62H2,1-3H3/b11-8-,20-17-,21-18-,25-22-,28-26-,31-29-,34-33-,38-35-,45-42-. The Morgan fingerprint density at radius 1 is 0.292 bits per heavy atom. The van der Waals surface area contributed by atoms with Gasteiger partial charge in [-0.3, -0.25) is 14.4 Å². The Labute approximate surface area is 444 Å². The number of hydrogen-bond donors (Lipinski definition) is 0. The molecule has 0 rings (SSSR count). The average Bonchev–Trinajstić information content (AvgIpc) is 3.38. The first-order chi connectivity index (χ1) is 35.5. The second-order valence-electron chi connectivity index (χ2n) is 19.5. The normalized spacial score (nSPS) is 12.9. The quantitative estimate of drug-likeness (QED) is 0.0261. The third kappa shape index (κ3) is 57.0. The molecule has 72 heavy (non-hydrogen) atoms. The van der Waals surface area contributed by atoms with Gasteiger partial charge >= 0.3 is 17.9 Å². The summed E-state index contributed by atoms with van der Waals surface area (Å²) in [4.78, 5) is 38.2. The number of carbonyl (C=O) groups excluding carboxylic acids is 3. The molecule has 0 aromatic carbocycles. The van der Waals surface area contributed by atoms with E-state index in [4.69, 9.17) is 14.2 Å². The average molecular weight is 1000 g/mol. The smallest absolute Gasteiger partial charge is 0.306 e. The predicted molar refractivity (Wildman–Crippen MR) is 311 cm³/mol. The van der Waals surface area contributed by atoms with Gasteiger partial charge in [-0.1, -0.05) is 233 Å². The molecule has 0 spiro atoms. The zero-order valence-corrected chi connectivity index (χ0v) is 46.9. The molecule has 0 fully saturated rings. The van der Waals surface area contributed by atoms with Crippen molar-refractivity contribution in [2.75, 3.05) is 13.2 Å². The Morgan fingerprint density at radius 2 is 0.542 bits per heavy atom. The summed E-state index contributed by atoms with van der Waals surface area (Å²) in [6, 6.07) is 0. The minimum Gasteiger partial charge on any atom is -0.462 e. The Hall–Kier alpha value is -3.93. The van der Waals surface area contributed by atoms with E-state index in [0.29, 0.717) is 12.8 Å². The fourth-order valence-electron chi connectivity index (χ4n) is 8.00. The largest absolute Gasteiger partial charge is 0.462 e. The maximum Gasteiger partial charge on any atom is 0.306 e. The van der Waals surface area contributed by atoms with Crippen LogP contribution >= 0.6 is 0 Å². The van der Waals surface area contributed by atoms with Crippen LogP contribution in [0.5, 0.6) is 0 Å². The van der Waals surface area contributed by atoms with E-state index in [9.17, 15) is 14.4 Å². The van der Waals surface area contributed by atoms with Crippen molar-refractivity contribution in [2.24, 2.45) is 0 Å². The second-order valence-corrected chi connectivity index (χ2v) is 19.5. The minimum absolute atomic E-state index is 0.0994. The molecule has 1 atom stereocenters. The van der Waals surface area contributed by atoms with E-state index in [1.807, 2.05) is 0 Å². The van der Waals surface area contributed by atoms with Gasteiger partial charge in [0.1, 0.15) is 13.2 Å². The summed E-state index contributed by atoms with van der Waals surface area (Å²) in [5, 5.41) is 0. The van der Waals surface area contributed by atoms with Crippen molar-refractivity contribution in [2.45, 2.75) is 277 Å². The number of rotatable bonds is 53. The highest BCUT2D eigenvalue weighted by atomic mass is 16.6. The van der Waals surface area contributed by atoms with Crippen LogP contribution in [0.1, 0.15) is 271 Å². The molecular weight excluding hydrogens is 889 g/mol. The van der Waals surface area contributed by atoms with Gasteiger partial charge in [0.15, 0.2) is 6.10 Å². The van der Waals surface area contributed by atoms with Gasteiger partial charge in [-0.15, -0.1) is 0 Å². The highest BCUT2D eigenvalue weighted by molar-refractivity contribution is 5.71. The van der Waals surface area contributed by atoms with Crippen LogP contribution in [0.3, 0.4) is 0 Å². The maximum absolute atomic E-state index is 12.9. The van der Waals surface area contributed by atoms with Gasteiger partial charge in [-0.2, -0.15) is 0 Å². The Balaban J connectivity index is 4.42. The van der Waals surface area contributed by atoms with Gasteiger partial charge in [-0.25, -0.2) is 0 Å². The molecule has 0 amide bonds. The van der Waals surface area contributed by atoms with Crippen LogP contribution in [0.4, 0.5) is 0 Å². The van der Waals surface area contributed by atoms with Gasteiger partial charge in [0.05, 0.1) is 0 Å². The number of carbonyl (C=O) groups is 3. The molecule has 0 N–H and O–H groups in total. The van der Waals surface area contributed by atoms with Crippen molar-refractivity contribution in [1.29, 1.82) is 0 Å². The number of unbranched alkanes of at least 4 members (excludes halogenated alkanes) is 24. The monoisotopic (exact) mass is 999 g/mol. The fourth-order valence-corrected chi connectivity index (χ4v) is 8.00. The molecule has 0 aromatic rings. The zero-order valence-electron chi connectivity index (χ0n) is 46.9. The Kier molecular flexibility index (Phi) is 56.4. The zero-order chi connectivity index (χ0) is 52.2. The maximum atomic E-state index is 12.9. The Morgan fingerprint density at radius 3 is 0.903 bits per heavy atom. The lowest BCUT2D eigenvalue weighted by Gasteiger charge is -2.18.